The lowest BCUT2D eigenvalue weighted by atomic mass is 10.1. The van der Waals surface area contributed by atoms with Crippen molar-refractivity contribution in [1.29, 1.82) is 0 Å². The molecule has 1 aliphatic rings. The van der Waals surface area contributed by atoms with Crippen LogP contribution in [0.3, 0.4) is 0 Å². The quantitative estimate of drug-likeness (QED) is 0.426. The largest absolute Gasteiger partial charge is 0.488 e. The number of amides is 1. The summed E-state index contributed by atoms with van der Waals surface area (Å²) >= 11 is 0. The lowest BCUT2D eigenvalue weighted by Gasteiger charge is -2.28. The summed E-state index contributed by atoms with van der Waals surface area (Å²) in [5.74, 6) is -0.252. The first-order valence-electron chi connectivity index (χ1n) is 7.52. The average Bonchev–Trinajstić information content (AvgIpc) is 3.02. The molecule has 0 saturated heterocycles. The molecule has 0 atom stereocenters. The van der Waals surface area contributed by atoms with Gasteiger partial charge in [-0.2, -0.15) is 21.6 Å². The van der Waals surface area contributed by atoms with Gasteiger partial charge >= 0.3 is 16.7 Å². The maximum absolute atomic E-state index is 12.9. The van der Waals surface area contributed by atoms with Crippen LogP contribution in [0.1, 0.15) is 27.6 Å². The Morgan fingerprint density at radius 1 is 1.21 bits per heavy atom. The highest BCUT2D eigenvalue weighted by Gasteiger charge is 2.40. The van der Waals surface area contributed by atoms with Crippen LogP contribution in [0.5, 0.6) is 5.75 Å². The third-order valence-corrected chi connectivity index (χ3v) is 4.20. The van der Waals surface area contributed by atoms with Crippen LogP contribution in [0.25, 0.3) is 0 Å². The molecule has 0 N–H and O–H groups in total. The van der Waals surface area contributed by atoms with Gasteiger partial charge in [-0.15, -0.1) is 16.6 Å². The second-order valence-electron chi connectivity index (χ2n) is 5.68. The van der Waals surface area contributed by atoms with Crippen LogP contribution in [0.2, 0.25) is 0 Å². The summed E-state index contributed by atoms with van der Waals surface area (Å²) < 4.78 is 77.7. The standard InChI is InChI=1S/C15H10F4N4O4S/c1-2-9-5-10(7-11(6-9)27-28(19,25)26)13(24)22-3-4-23-12(8-22)20-21-14(23)15(16,17)18/h1,5-7H,3-4,8H2. The number of aromatic nitrogens is 3. The van der Waals surface area contributed by atoms with Gasteiger partial charge in [-0.05, 0) is 18.2 Å². The van der Waals surface area contributed by atoms with E-state index in [1.54, 1.807) is 0 Å². The van der Waals surface area contributed by atoms with Crippen molar-refractivity contribution in [3.63, 3.8) is 0 Å². The number of terminal acetylenes is 1. The highest BCUT2D eigenvalue weighted by Crippen LogP contribution is 2.30. The smallest absolute Gasteiger partial charge is 0.358 e. The number of halogens is 4. The molecule has 0 bridgehead atoms. The zero-order chi connectivity index (χ0) is 20.7. The number of rotatable bonds is 3. The summed E-state index contributed by atoms with van der Waals surface area (Å²) in [6.45, 7) is -0.551. The lowest BCUT2D eigenvalue weighted by Crippen LogP contribution is -2.39. The number of nitrogens with zero attached hydrogens (tertiary/aromatic N) is 4. The summed E-state index contributed by atoms with van der Waals surface area (Å²) in [5, 5.41) is 6.57. The van der Waals surface area contributed by atoms with Crippen LogP contribution in [0.4, 0.5) is 17.1 Å². The maximum Gasteiger partial charge on any atom is 0.488 e. The summed E-state index contributed by atoms with van der Waals surface area (Å²) in [4.78, 5) is 13.9. The molecule has 13 heteroatoms. The molecular formula is C15H10F4N4O4S. The molecule has 148 valence electrons. The van der Waals surface area contributed by atoms with E-state index >= 15 is 0 Å². The van der Waals surface area contributed by atoms with Crippen molar-refractivity contribution in [2.75, 3.05) is 6.54 Å². The number of carbonyl (C=O) groups is 1. The molecule has 0 fully saturated rings. The van der Waals surface area contributed by atoms with Crippen molar-refractivity contribution in [1.82, 2.24) is 19.7 Å². The Bertz CT molecular complexity index is 1090. The van der Waals surface area contributed by atoms with Crippen LogP contribution in [-0.2, 0) is 29.8 Å². The van der Waals surface area contributed by atoms with E-state index in [0.29, 0.717) is 0 Å². The Hall–Kier alpha value is -3.14. The van der Waals surface area contributed by atoms with E-state index in [2.05, 4.69) is 20.3 Å². The molecule has 2 aromatic rings. The Labute approximate surface area is 156 Å². The first-order chi connectivity index (χ1) is 13.0. The maximum atomic E-state index is 12.9. The van der Waals surface area contributed by atoms with E-state index < -0.39 is 34.2 Å². The molecule has 0 spiro atoms. The van der Waals surface area contributed by atoms with Gasteiger partial charge in [0.05, 0.1) is 6.54 Å². The molecule has 8 nitrogen and oxygen atoms in total. The third kappa shape index (κ3) is 4.06. The first kappa shape index (κ1) is 19.6. The molecule has 1 amide bonds. The van der Waals surface area contributed by atoms with Gasteiger partial charge in [0, 0.05) is 24.2 Å². The molecule has 3 rings (SSSR count). The lowest BCUT2D eigenvalue weighted by molar-refractivity contribution is -0.147. The van der Waals surface area contributed by atoms with E-state index in [9.17, 15) is 30.3 Å². The second-order valence-corrected chi connectivity index (χ2v) is 6.64. The van der Waals surface area contributed by atoms with Gasteiger partial charge in [0.2, 0.25) is 5.82 Å². The molecule has 0 aliphatic carbocycles. The van der Waals surface area contributed by atoms with Gasteiger partial charge in [0.15, 0.2) is 5.82 Å². The Morgan fingerprint density at radius 2 is 1.93 bits per heavy atom. The van der Waals surface area contributed by atoms with E-state index in [0.717, 1.165) is 16.7 Å². The summed E-state index contributed by atoms with van der Waals surface area (Å²) in [6.07, 6.45) is 0.557. The van der Waals surface area contributed by atoms with Crippen LogP contribution in [0, 0.1) is 12.3 Å². The number of fused-ring (bicyclic) bond motifs is 1. The fourth-order valence-electron chi connectivity index (χ4n) is 2.69. The van der Waals surface area contributed by atoms with Gasteiger partial charge in [-0.1, -0.05) is 9.81 Å². The van der Waals surface area contributed by atoms with Gasteiger partial charge in [0.25, 0.3) is 5.91 Å². The van der Waals surface area contributed by atoms with Gasteiger partial charge < -0.3 is 13.7 Å². The number of benzene rings is 1. The average molecular weight is 418 g/mol. The van der Waals surface area contributed by atoms with Crippen molar-refractivity contribution >= 4 is 16.4 Å². The van der Waals surface area contributed by atoms with E-state index in [1.165, 1.54) is 11.0 Å². The van der Waals surface area contributed by atoms with Crippen LogP contribution in [-0.4, -0.2) is 40.5 Å². The number of hydrogen-bond donors (Lipinski definition) is 0. The fourth-order valence-corrected chi connectivity index (χ4v) is 3.02. The van der Waals surface area contributed by atoms with Crippen molar-refractivity contribution in [3.8, 4) is 18.1 Å². The fraction of sp³-hybridized carbons (Fsp3) is 0.267. The van der Waals surface area contributed by atoms with E-state index in [1.807, 2.05) is 0 Å². The second kappa shape index (κ2) is 6.79. The van der Waals surface area contributed by atoms with Gasteiger partial charge in [-0.25, -0.2) is 0 Å². The molecule has 0 unspecified atom stereocenters. The third-order valence-electron chi connectivity index (χ3n) is 3.81. The summed E-state index contributed by atoms with van der Waals surface area (Å²) in [6, 6.07) is 3.23. The highest BCUT2D eigenvalue weighted by molar-refractivity contribution is 7.81. The highest BCUT2D eigenvalue weighted by atomic mass is 32.3. The summed E-state index contributed by atoms with van der Waals surface area (Å²) in [7, 11) is -5.34. The minimum absolute atomic E-state index is 0.0454. The van der Waals surface area contributed by atoms with Crippen molar-refractivity contribution < 1.29 is 34.5 Å². The minimum Gasteiger partial charge on any atom is -0.358 e. The first-order valence-corrected chi connectivity index (χ1v) is 8.83. The molecular weight excluding hydrogens is 408 g/mol. The SMILES string of the molecule is C#Cc1cc(OS(=O)(=O)F)cc(C(=O)N2CCn3c(nnc3C(F)(F)F)C2)c1. The minimum atomic E-state index is -5.34. The molecule has 0 radical (unpaired) electrons. The normalized spacial score (nSPS) is 14.3. The van der Waals surface area contributed by atoms with Crippen molar-refractivity contribution in [2.45, 2.75) is 19.3 Å². The van der Waals surface area contributed by atoms with Crippen molar-refractivity contribution in [2.24, 2.45) is 0 Å². The number of alkyl halides is 3. The van der Waals surface area contributed by atoms with Crippen LogP contribution >= 0.6 is 0 Å². The molecule has 28 heavy (non-hydrogen) atoms. The predicted molar refractivity (Wildman–Crippen MR) is 84.8 cm³/mol. The van der Waals surface area contributed by atoms with Gasteiger partial charge in [0.1, 0.15) is 5.75 Å². The Morgan fingerprint density at radius 3 is 2.54 bits per heavy atom. The van der Waals surface area contributed by atoms with E-state index in [4.69, 9.17) is 6.42 Å². The predicted octanol–water partition coefficient (Wildman–Crippen LogP) is 1.53. The van der Waals surface area contributed by atoms with Crippen molar-refractivity contribution in [3.05, 3.63) is 41.0 Å². The monoisotopic (exact) mass is 418 g/mol. The molecule has 0 saturated carbocycles. The number of carbonyl (C=O) groups excluding carboxylic acids is 1. The molecule has 2 heterocycles. The number of hydrogen-bond acceptors (Lipinski definition) is 6. The van der Waals surface area contributed by atoms with Crippen LogP contribution in [0.15, 0.2) is 18.2 Å². The summed E-state index contributed by atoms with van der Waals surface area (Å²) in [5.41, 5.74) is -0.0813. The zero-order valence-corrected chi connectivity index (χ0v) is 14.6. The topological polar surface area (TPSA) is 94.4 Å². The Balaban J connectivity index is 1.88. The van der Waals surface area contributed by atoms with E-state index in [-0.39, 0.29) is 36.6 Å². The molecule has 1 aromatic heterocycles. The van der Waals surface area contributed by atoms with Crippen LogP contribution < -0.4 is 4.18 Å². The zero-order valence-electron chi connectivity index (χ0n) is 13.8. The molecule has 1 aliphatic heterocycles. The van der Waals surface area contributed by atoms with Gasteiger partial charge in [-0.3, -0.25) is 4.79 Å². The molecule has 1 aromatic carbocycles. The Kier molecular flexibility index (Phi) is 4.76.